The summed E-state index contributed by atoms with van der Waals surface area (Å²) in [5, 5.41) is 7.57. The van der Waals surface area contributed by atoms with E-state index >= 15 is 0 Å². The fourth-order valence-electron chi connectivity index (χ4n) is 1.89. The molecule has 5 nitrogen and oxygen atoms in total. The molecular weight excluding hydrogens is 228 g/mol. The molecule has 0 aliphatic carbocycles. The van der Waals surface area contributed by atoms with Gasteiger partial charge < -0.3 is 10.1 Å². The molecule has 0 spiro atoms. The van der Waals surface area contributed by atoms with Gasteiger partial charge in [-0.25, -0.2) is 4.98 Å². The van der Waals surface area contributed by atoms with Crippen LogP contribution in [0, 0.1) is 0 Å². The first-order chi connectivity index (χ1) is 8.81. The highest BCUT2D eigenvalue weighted by Crippen LogP contribution is 2.04. The number of aromatic nitrogens is 3. The Morgan fingerprint density at radius 1 is 1.33 bits per heavy atom. The minimum atomic E-state index is 0.404. The number of likely N-dealkylation sites (N-methyl/N-ethyl adjacent to an activating group) is 1. The van der Waals surface area contributed by atoms with Gasteiger partial charge in [-0.15, -0.1) is 0 Å². The predicted molar refractivity (Wildman–Crippen MR) is 72.6 cm³/mol. The normalized spacial score (nSPS) is 12.8. The lowest BCUT2D eigenvalue weighted by Gasteiger charge is -2.16. The van der Waals surface area contributed by atoms with E-state index in [4.69, 9.17) is 4.74 Å². The lowest BCUT2D eigenvalue weighted by Crippen LogP contribution is -2.30. The summed E-state index contributed by atoms with van der Waals surface area (Å²) in [7, 11) is 1.99. The maximum atomic E-state index is 5.53. The van der Waals surface area contributed by atoms with Crippen molar-refractivity contribution in [3.8, 4) is 0 Å². The molecule has 1 rings (SSSR count). The van der Waals surface area contributed by atoms with Crippen molar-refractivity contribution in [3.63, 3.8) is 0 Å². The summed E-state index contributed by atoms with van der Waals surface area (Å²) in [6.07, 6.45) is 5.72. The second kappa shape index (κ2) is 9.05. The smallest absolute Gasteiger partial charge is 0.138 e. The Balaban J connectivity index is 2.39. The van der Waals surface area contributed by atoms with Crippen molar-refractivity contribution in [3.05, 3.63) is 12.2 Å². The Kier molecular flexibility index (Phi) is 7.60. The second-order valence-corrected chi connectivity index (χ2v) is 4.49. The van der Waals surface area contributed by atoms with Crippen molar-refractivity contribution in [1.29, 1.82) is 0 Å². The minimum Gasteiger partial charge on any atom is -0.381 e. The van der Waals surface area contributed by atoms with Gasteiger partial charge in [-0.2, -0.15) is 5.10 Å². The molecule has 1 N–H and O–H groups in total. The van der Waals surface area contributed by atoms with Gasteiger partial charge in [0.2, 0.25) is 0 Å². The quantitative estimate of drug-likeness (QED) is 0.645. The first-order valence-electron chi connectivity index (χ1n) is 6.93. The fraction of sp³-hybridized carbons (Fsp3) is 0.846. The first kappa shape index (κ1) is 15.1. The zero-order valence-electron chi connectivity index (χ0n) is 11.9. The molecule has 1 heterocycles. The van der Waals surface area contributed by atoms with Gasteiger partial charge in [0.15, 0.2) is 0 Å². The van der Waals surface area contributed by atoms with Crippen molar-refractivity contribution in [1.82, 2.24) is 20.1 Å². The van der Waals surface area contributed by atoms with E-state index in [1.54, 1.807) is 6.33 Å². The molecule has 0 aliphatic rings. The van der Waals surface area contributed by atoms with Crippen LogP contribution >= 0.6 is 0 Å². The number of nitrogens with one attached hydrogen (secondary N) is 1. The monoisotopic (exact) mass is 254 g/mol. The summed E-state index contributed by atoms with van der Waals surface area (Å²) in [4.78, 5) is 4.34. The van der Waals surface area contributed by atoms with Crippen molar-refractivity contribution < 1.29 is 4.74 Å². The first-order valence-corrected chi connectivity index (χ1v) is 6.93. The van der Waals surface area contributed by atoms with E-state index in [2.05, 4.69) is 29.2 Å². The SMILES string of the molecule is CCCOCCC(Cc1ncnn1CCC)NC. The van der Waals surface area contributed by atoms with E-state index in [1.165, 1.54) is 0 Å². The number of ether oxygens (including phenoxy) is 1. The molecule has 0 aromatic carbocycles. The van der Waals surface area contributed by atoms with Crippen molar-refractivity contribution in [2.24, 2.45) is 0 Å². The molecule has 104 valence electrons. The third-order valence-electron chi connectivity index (χ3n) is 2.93. The zero-order valence-corrected chi connectivity index (χ0v) is 11.9. The standard InChI is InChI=1S/C13H26N4O/c1-4-7-17-13(15-11-16-17)10-12(14-3)6-9-18-8-5-2/h11-12,14H,4-10H2,1-3H3. The van der Waals surface area contributed by atoms with Crippen LogP contribution in [0.15, 0.2) is 6.33 Å². The third-order valence-corrected chi connectivity index (χ3v) is 2.93. The number of rotatable bonds is 10. The molecule has 18 heavy (non-hydrogen) atoms. The molecule has 0 fully saturated rings. The molecule has 0 amide bonds. The molecule has 1 aromatic rings. The van der Waals surface area contributed by atoms with Crippen molar-refractivity contribution >= 4 is 0 Å². The molecule has 5 heteroatoms. The molecule has 0 radical (unpaired) electrons. The zero-order chi connectivity index (χ0) is 13.2. The van der Waals surface area contributed by atoms with Crippen LogP contribution in [-0.2, 0) is 17.7 Å². The number of aryl methyl sites for hydroxylation is 1. The van der Waals surface area contributed by atoms with Crippen LogP contribution in [0.4, 0.5) is 0 Å². The van der Waals surface area contributed by atoms with E-state index in [0.29, 0.717) is 6.04 Å². The van der Waals surface area contributed by atoms with Crippen LogP contribution in [0.3, 0.4) is 0 Å². The van der Waals surface area contributed by atoms with Crippen molar-refractivity contribution in [2.75, 3.05) is 20.3 Å². The van der Waals surface area contributed by atoms with Gasteiger partial charge in [-0.05, 0) is 26.3 Å². The summed E-state index contributed by atoms with van der Waals surface area (Å²) >= 11 is 0. The number of hydrogen-bond donors (Lipinski definition) is 1. The van der Waals surface area contributed by atoms with E-state index < -0.39 is 0 Å². The van der Waals surface area contributed by atoms with E-state index in [0.717, 1.165) is 51.3 Å². The maximum Gasteiger partial charge on any atom is 0.138 e. The van der Waals surface area contributed by atoms with Gasteiger partial charge in [0.25, 0.3) is 0 Å². The van der Waals surface area contributed by atoms with E-state index in [9.17, 15) is 0 Å². The van der Waals surface area contributed by atoms with Crippen LogP contribution in [0.25, 0.3) is 0 Å². The van der Waals surface area contributed by atoms with E-state index in [1.807, 2.05) is 11.7 Å². The maximum absolute atomic E-state index is 5.53. The molecule has 0 saturated heterocycles. The second-order valence-electron chi connectivity index (χ2n) is 4.49. The number of hydrogen-bond acceptors (Lipinski definition) is 4. The molecule has 1 atom stereocenters. The van der Waals surface area contributed by atoms with Crippen molar-refractivity contribution in [2.45, 2.75) is 52.1 Å². The summed E-state index contributed by atoms with van der Waals surface area (Å²) in [5.74, 6) is 1.06. The highest BCUT2D eigenvalue weighted by atomic mass is 16.5. The number of nitrogens with zero attached hydrogens (tertiary/aromatic N) is 3. The Morgan fingerprint density at radius 2 is 2.17 bits per heavy atom. The van der Waals surface area contributed by atoms with Gasteiger partial charge in [-0.1, -0.05) is 13.8 Å². The summed E-state index contributed by atoms with van der Waals surface area (Å²) in [6, 6.07) is 0.404. The van der Waals surface area contributed by atoms with E-state index in [-0.39, 0.29) is 0 Å². The summed E-state index contributed by atoms with van der Waals surface area (Å²) < 4.78 is 7.53. The average molecular weight is 254 g/mol. The summed E-state index contributed by atoms with van der Waals surface area (Å²) in [5.41, 5.74) is 0. The van der Waals surface area contributed by atoms with Gasteiger partial charge in [0.05, 0.1) is 0 Å². The lowest BCUT2D eigenvalue weighted by molar-refractivity contribution is 0.125. The largest absolute Gasteiger partial charge is 0.381 e. The molecule has 0 bridgehead atoms. The lowest BCUT2D eigenvalue weighted by atomic mass is 10.1. The van der Waals surface area contributed by atoms with Gasteiger partial charge in [0.1, 0.15) is 12.2 Å². The topological polar surface area (TPSA) is 52.0 Å². The average Bonchev–Trinajstić information content (AvgIpc) is 2.81. The molecular formula is C13H26N4O. The Bertz CT molecular complexity index is 314. The highest BCUT2D eigenvalue weighted by Gasteiger charge is 2.11. The van der Waals surface area contributed by atoms with Crippen LogP contribution in [0.5, 0.6) is 0 Å². The van der Waals surface area contributed by atoms with Crippen LogP contribution < -0.4 is 5.32 Å². The third kappa shape index (κ3) is 5.14. The molecule has 0 saturated carbocycles. The van der Waals surface area contributed by atoms with Crippen LogP contribution in [-0.4, -0.2) is 41.1 Å². The Hall–Kier alpha value is -0.940. The van der Waals surface area contributed by atoms with Gasteiger partial charge in [-0.3, -0.25) is 4.68 Å². The summed E-state index contributed by atoms with van der Waals surface area (Å²) in [6.45, 7) is 6.88. The minimum absolute atomic E-state index is 0.404. The van der Waals surface area contributed by atoms with Crippen LogP contribution in [0.1, 0.15) is 38.9 Å². The molecule has 1 aromatic heterocycles. The fourth-order valence-corrected chi connectivity index (χ4v) is 1.89. The Morgan fingerprint density at radius 3 is 2.83 bits per heavy atom. The van der Waals surface area contributed by atoms with Crippen LogP contribution in [0.2, 0.25) is 0 Å². The Labute approximate surface area is 110 Å². The predicted octanol–water partition coefficient (Wildman–Crippen LogP) is 1.64. The highest BCUT2D eigenvalue weighted by molar-refractivity contribution is 4.89. The molecule has 1 unspecified atom stereocenters. The van der Waals surface area contributed by atoms with Gasteiger partial charge in [0, 0.05) is 32.2 Å². The molecule has 0 aliphatic heterocycles. The van der Waals surface area contributed by atoms with Gasteiger partial charge >= 0.3 is 0 Å².